The van der Waals surface area contributed by atoms with Crippen LogP contribution < -0.4 is 0 Å². The maximum Gasteiger partial charge on any atom is 0.0861 e. The van der Waals surface area contributed by atoms with E-state index in [-0.39, 0.29) is 29.1 Å². The van der Waals surface area contributed by atoms with E-state index in [4.69, 9.17) is 4.74 Å². The van der Waals surface area contributed by atoms with Gasteiger partial charge in [-0.25, -0.2) is 0 Å². The van der Waals surface area contributed by atoms with Crippen molar-refractivity contribution >= 4 is 0 Å². The Bertz CT molecular complexity index is 871. The van der Waals surface area contributed by atoms with Crippen LogP contribution in [0.4, 0.5) is 0 Å². The van der Waals surface area contributed by atoms with Crippen molar-refractivity contribution < 1.29 is 9.84 Å². The van der Waals surface area contributed by atoms with E-state index in [2.05, 4.69) is 82.3 Å². The Kier molecular flexibility index (Phi) is 6.34. The quantitative estimate of drug-likeness (QED) is 0.553. The van der Waals surface area contributed by atoms with Gasteiger partial charge in [0.15, 0.2) is 0 Å². The van der Waals surface area contributed by atoms with E-state index in [0.717, 1.165) is 6.42 Å². The summed E-state index contributed by atoms with van der Waals surface area (Å²) in [4.78, 5) is 0. The molecule has 0 heterocycles. The molecule has 0 aliphatic heterocycles. The molecule has 1 saturated carbocycles. The molecule has 168 valence electrons. The van der Waals surface area contributed by atoms with E-state index in [1.807, 2.05) is 6.92 Å². The van der Waals surface area contributed by atoms with Crippen LogP contribution in [0.5, 0.6) is 0 Å². The summed E-state index contributed by atoms with van der Waals surface area (Å²) in [5.74, 6) is 1.09. The van der Waals surface area contributed by atoms with Crippen molar-refractivity contribution in [3.8, 4) is 0 Å². The number of ether oxygens (including phenoxy) is 1. The van der Waals surface area contributed by atoms with Crippen molar-refractivity contribution in [2.24, 2.45) is 17.3 Å². The second-order valence-electron chi connectivity index (χ2n) is 11.0. The van der Waals surface area contributed by atoms with E-state index in [0.29, 0.717) is 18.3 Å². The number of fused-ring (bicyclic) bond motifs is 3. The molecule has 0 aromatic heterocycles. The Morgan fingerprint density at radius 1 is 0.968 bits per heavy atom. The van der Waals surface area contributed by atoms with Gasteiger partial charge in [0.1, 0.15) is 0 Å². The van der Waals surface area contributed by atoms with E-state index in [1.165, 1.54) is 24.8 Å². The molecule has 0 amide bonds. The minimum absolute atomic E-state index is 0.0291. The van der Waals surface area contributed by atoms with Crippen LogP contribution in [0.3, 0.4) is 0 Å². The van der Waals surface area contributed by atoms with Gasteiger partial charge >= 0.3 is 0 Å². The fourth-order valence-electron chi connectivity index (χ4n) is 7.07. The first-order valence-electron chi connectivity index (χ1n) is 12.2. The van der Waals surface area contributed by atoms with Crippen molar-refractivity contribution in [2.75, 3.05) is 0 Å². The van der Waals surface area contributed by atoms with Crippen LogP contribution in [0.25, 0.3) is 0 Å². The number of rotatable bonds is 6. The second kappa shape index (κ2) is 8.71. The molecule has 2 aromatic rings. The lowest BCUT2D eigenvalue weighted by atomic mass is 9.46. The van der Waals surface area contributed by atoms with Gasteiger partial charge in [-0.15, -0.1) is 0 Å². The molecule has 4 rings (SSSR count). The van der Waals surface area contributed by atoms with Crippen molar-refractivity contribution in [3.05, 3.63) is 71.3 Å². The molecule has 2 aliphatic carbocycles. The average molecular weight is 421 g/mol. The molecule has 0 spiro atoms. The fraction of sp³-hybridized carbons (Fsp3) is 0.586. The number of hydrogen-bond donors (Lipinski definition) is 1. The van der Waals surface area contributed by atoms with E-state index >= 15 is 0 Å². The van der Waals surface area contributed by atoms with Crippen LogP contribution in [0.2, 0.25) is 0 Å². The standard InChI is InChI=1S/C29H40O2/c1-20(30)19-21(2)31-27(23-12-7-6-8-13-23)25-17-18-29(5)24-14-10-9-11-22(24)15-16-26(29)28(25,3)4/h6-14,20-21,25-27,30H,15-19H2,1-5H3/t20-,21-,25-,26+,27?,29-/m1/s1. The van der Waals surface area contributed by atoms with Crippen LogP contribution in [-0.4, -0.2) is 17.3 Å². The zero-order valence-electron chi connectivity index (χ0n) is 20.0. The van der Waals surface area contributed by atoms with E-state index in [1.54, 1.807) is 11.1 Å². The Hall–Kier alpha value is -1.64. The predicted octanol–water partition coefficient (Wildman–Crippen LogP) is 6.86. The van der Waals surface area contributed by atoms with Crippen LogP contribution in [-0.2, 0) is 16.6 Å². The molecule has 2 aromatic carbocycles. The summed E-state index contributed by atoms with van der Waals surface area (Å²) in [6.07, 6.45) is 5.22. The highest BCUT2D eigenvalue weighted by Crippen LogP contribution is 2.61. The van der Waals surface area contributed by atoms with Gasteiger partial charge < -0.3 is 9.84 Å². The maximum atomic E-state index is 9.92. The first-order chi connectivity index (χ1) is 14.7. The molecule has 0 saturated heterocycles. The number of aryl methyl sites for hydroxylation is 1. The lowest BCUT2D eigenvalue weighted by Crippen LogP contribution is -2.53. The highest BCUT2D eigenvalue weighted by Gasteiger charge is 2.55. The number of hydrogen-bond acceptors (Lipinski definition) is 2. The van der Waals surface area contributed by atoms with Gasteiger partial charge in [-0.2, -0.15) is 0 Å². The van der Waals surface area contributed by atoms with Crippen molar-refractivity contribution in [1.29, 1.82) is 0 Å². The molecule has 1 fully saturated rings. The van der Waals surface area contributed by atoms with Gasteiger partial charge in [-0.1, -0.05) is 75.4 Å². The van der Waals surface area contributed by atoms with Crippen LogP contribution in [0.15, 0.2) is 54.6 Å². The highest BCUT2D eigenvalue weighted by atomic mass is 16.5. The minimum Gasteiger partial charge on any atom is -0.393 e. The van der Waals surface area contributed by atoms with Crippen molar-refractivity contribution in [1.82, 2.24) is 0 Å². The predicted molar refractivity (Wildman–Crippen MR) is 128 cm³/mol. The SMILES string of the molecule is C[C@H](C[C@@H](C)O)OC(c1ccccc1)[C@H]1CC[C@]2(C)c3ccccc3CC[C@H]2C1(C)C. The van der Waals surface area contributed by atoms with Gasteiger partial charge in [0, 0.05) is 0 Å². The van der Waals surface area contributed by atoms with Crippen LogP contribution in [0.1, 0.15) is 83.1 Å². The molecule has 0 bridgehead atoms. The van der Waals surface area contributed by atoms with Crippen LogP contribution in [0, 0.1) is 17.3 Å². The number of aliphatic hydroxyl groups excluding tert-OH is 1. The monoisotopic (exact) mass is 420 g/mol. The summed E-state index contributed by atoms with van der Waals surface area (Å²) in [6.45, 7) is 11.5. The summed E-state index contributed by atoms with van der Waals surface area (Å²) < 4.78 is 6.74. The molecular weight excluding hydrogens is 380 g/mol. The molecule has 0 radical (unpaired) electrons. The zero-order valence-corrected chi connectivity index (χ0v) is 20.0. The second-order valence-corrected chi connectivity index (χ2v) is 11.0. The molecular formula is C29H40O2. The van der Waals surface area contributed by atoms with Gasteiger partial charge in [0.05, 0.1) is 18.3 Å². The molecule has 31 heavy (non-hydrogen) atoms. The summed E-state index contributed by atoms with van der Waals surface area (Å²) in [6, 6.07) is 19.9. The normalized spacial score (nSPS) is 30.0. The first-order valence-corrected chi connectivity index (χ1v) is 12.2. The van der Waals surface area contributed by atoms with Gasteiger partial charge in [0.25, 0.3) is 0 Å². The largest absolute Gasteiger partial charge is 0.393 e. The molecule has 2 nitrogen and oxygen atoms in total. The van der Waals surface area contributed by atoms with E-state index in [9.17, 15) is 5.11 Å². The Morgan fingerprint density at radius 3 is 2.35 bits per heavy atom. The summed E-state index contributed by atoms with van der Waals surface area (Å²) in [7, 11) is 0. The molecule has 1 N–H and O–H groups in total. The first kappa shape index (κ1) is 22.6. The van der Waals surface area contributed by atoms with Gasteiger partial charge in [-0.05, 0) is 85.3 Å². The minimum atomic E-state index is -0.344. The average Bonchev–Trinajstić information content (AvgIpc) is 2.72. The third-order valence-corrected chi connectivity index (χ3v) is 8.48. The Morgan fingerprint density at radius 2 is 1.65 bits per heavy atom. The smallest absolute Gasteiger partial charge is 0.0861 e. The van der Waals surface area contributed by atoms with Gasteiger partial charge in [0.2, 0.25) is 0 Å². The number of benzene rings is 2. The maximum absolute atomic E-state index is 9.92. The summed E-state index contributed by atoms with van der Waals surface area (Å²) >= 11 is 0. The van der Waals surface area contributed by atoms with Crippen molar-refractivity contribution in [3.63, 3.8) is 0 Å². The molecule has 2 aliphatic rings. The summed E-state index contributed by atoms with van der Waals surface area (Å²) in [5, 5.41) is 9.92. The van der Waals surface area contributed by atoms with E-state index < -0.39 is 0 Å². The lowest BCUT2D eigenvalue weighted by molar-refractivity contribution is -0.123. The van der Waals surface area contributed by atoms with Crippen LogP contribution >= 0.6 is 0 Å². The summed E-state index contributed by atoms with van der Waals surface area (Å²) in [5.41, 5.74) is 4.81. The highest BCUT2D eigenvalue weighted by molar-refractivity contribution is 5.39. The van der Waals surface area contributed by atoms with Crippen molar-refractivity contribution in [2.45, 2.75) is 90.4 Å². The topological polar surface area (TPSA) is 29.5 Å². The van der Waals surface area contributed by atoms with Gasteiger partial charge in [-0.3, -0.25) is 0 Å². The Balaban J connectivity index is 1.68. The molecule has 1 unspecified atom stereocenters. The third-order valence-electron chi connectivity index (χ3n) is 8.48. The number of aliphatic hydroxyl groups is 1. The third kappa shape index (κ3) is 4.22. The molecule has 2 heteroatoms. The zero-order chi connectivity index (χ0) is 22.2. The fourth-order valence-corrected chi connectivity index (χ4v) is 7.07. The lowest BCUT2D eigenvalue weighted by Gasteiger charge is -2.59. The Labute approximate surface area is 189 Å². The molecule has 6 atom stereocenters.